The summed E-state index contributed by atoms with van der Waals surface area (Å²) in [6.45, 7) is 12.7. The number of nitrogens with one attached hydrogen (secondary N) is 1. The van der Waals surface area contributed by atoms with Crippen molar-refractivity contribution in [3.05, 3.63) is 52.8 Å². The highest BCUT2D eigenvalue weighted by Crippen LogP contribution is 2.18. The van der Waals surface area contributed by atoms with Crippen LogP contribution in [0.25, 0.3) is 0 Å². The first-order valence-electron chi connectivity index (χ1n) is 10.2. The lowest BCUT2D eigenvalue weighted by molar-refractivity contribution is -0.0149. The van der Waals surface area contributed by atoms with Gasteiger partial charge >= 0.3 is 0 Å². The summed E-state index contributed by atoms with van der Waals surface area (Å²) >= 11 is 0. The molecule has 1 aromatic heterocycles. The van der Waals surface area contributed by atoms with Crippen LogP contribution in [0.3, 0.4) is 0 Å². The van der Waals surface area contributed by atoms with E-state index in [1.165, 1.54) is 16.7 Å². The van der Waals surface area contributed by atoms with Gasteiger partial charge in [0.15, 0.2) is 5.96 Å². The van der Waals surface area contributed by atoms with E-state index in [2.05, 4.69) is 92.4 Å². The Kier molecular flexibility index (Phi) is 7.85. The fourth-order valence-electron chi connectivity index (χ4n) is 3.19. The van der Waals surface area contributed by atoms with Gasteiger partial charge in [-0.05, 0) is 37.8 Å². The molecule has 0 atom stereocenters. The Morgan fingerprint density at radius 3 is 2.59 bits per heavy atom. The zero-order valence-corrected chi connectivity index (χ0v) is 19.3. The van der Waals surface area contributed by atoms with Crippen LogP contribution in [0.2, 0.25) is 0 Å². The van der Waals surface area contributed by atoms with Crippen molar-refractivity contribution in [2.45, 2.75) is 65.8 Å². The molecule has 0 aliphatic carbocycles. The van der Waals surface area contributed by atoms with Gasteiger partial charge in [0.05, 0.1) is 17.9 Å². The fraction of sp³-hybridized carbons (Fsp3) is 0.565. The van der Waals surface area contributed by atoms with Crippen molar-refractivity contribution >= 4 is 5.96 Å². The van der Waals surface area contributed by atoms with E-state index >= 15 is 0 Å². The number of aryl methyl sites for hydroxylation is 1. The lowest BCUT2D eigenvalue weighted by atomic mass is 10.1. The molecule has 1 aromatic carbocycles. The number of guanidine groups is 1. The minimum atomic E-state index is -0.139. The van der Waals surface area contributed by atoms with Gasteiger partial charge in [0, 0.05) is 46.0 Å². The van der Waals surface area contributed by atoms with Gasteiger partial charge in [-0.25, -0.2) is 0 Å². The molecule has 0 radical (unpaired) electrons. The summed E-state index contributed by atoms with van der Waals surface area (Å²) in [5, 5.41) is 8.07. The van der Waals surface area contributed by atoms with Crippen LogP contribution in [0.15, 0.2) is 35.5 Å². The lowest BCUT2D eigenvalue weighted by Gasteiger charge is -2.23. The third kappa shape index (κ3) is 7.20. The van der Waals surface area contributed by atoms with Crippen LogP contribution < -0.4 is 5.32 Å². The van der Waals surface area contributed by atoms with E-state index in [0.717, 1.165) is 18.2 Å². The molecule has 0 aliphatic rings. The van der Waals surface area contributed by atoms with Crippen LogP contribution in [0.1, 0.15) is 62.9 Å². The van der Waals surface area contributed by atoms with Crippen molar-refractivity contribution in [1.29, 1.82) is 0 Å². The van der Waals surface area contributed by atoms with Crippen LogP contribution >= 0.6 is 0 Å². The number of hydrogen-bond acceptors (Lipinski definition) is 3. The Hall–Kier alpha value is -2.34. The molecule has 0 spiro atoms. The Labute approximate surface area is 176 Å². The van der Waals surface area contributed by atoms with Gasteiger partial charge in [-0.3, -0.25) is 9.67 Å². The van der Waals surface area contributed by atoms with E-state index in [4.69, 9.17) is 4.74 Å². The van der Waals surface area contributed by atoms with Crippen molar-refractivity contribution in [1.82, 2.24) is 20.0 Å². The number of ether oxygens (including phenoxy) is 1. The summed E-state index contributed by atoms with van der Waals surface area (Å²) in [6.07, 6.45) is 2.10. The van der Waals surface area contributed by atoms with Crippen LogP contribution in [-0.4, -0.2) is 40.3 Å². The average molecular weight is 400 g/mol. The molecule has 0 unspecified atom stereocenters. The summed E-state index contributed by atoms with van der Waals surface area (Å²) in [5.41, 5.74) is 4.62. The van der Waals surface area contributed by atoms with Gasteiger partial charge in [-0.15, -0.1) is 0 Å². The van der Waals surface area contributed by atoms with Crippen molar-refractivity contribution in [2.24, 2.45) is 12.0 Å². The van der Waals surface area contributed by atoms with Gasteiger partial charge in [0.1, 0.15) is 0 Å². The molecule has 0 amide bonds. The van der Waals surface area contributed by atoms with E-state index in [1.54, 1.807) is 0 Å². The standard InChI is InChI=1S/C23H37N5O/c1-17(2)21-20(15-28(8)26-21)14-27(7)22(24-6)25-13-18-10-9-11-19(12-18)16-29-23(3,4)5/h9-12,15,17H,13-14,16H2,1-8H3,(H,24,25). The first kappa shape index (κ1) is 22.9. The summed E-state index contributed by atoms with van der Waals surface area (Å²) in [5.74, 6) is 1.26. The van der Waals surface area contributed by atoms with Gasteiger partial charge in [-0.2, -0.15) is 5.10 Å². The van der Waals surface area contributed by atoms with Crippen LogP contribution in [-0.2, 0) is 31.5 Å². The van der Waals surface area contributed by atoms with E-state index in [-0.39, 0.29) is 5.60 Å². The SMILES string of the molecule is CN=C(NCc1cccc(COC(C)(C)C)c1)N(C)Cc1cn(C)nc1C(C)C. The molecular weight excluding hydrogens is 362 g/mol. The quantitative estimate of drug-likeness (QED) is 0.563. The first-order chi connectivity index (χ1) is 13.6. The maximum atomic E-state index is 5.89. The topological polar surface area (TPSA) is 54.7 Å². The Bertz CT molecular complexity index is 817. The Morgan fingerprint density at radius 1 is 1.28 bits per heavy atom. The van der Waals surface area contributed by atoms with E-state index in [0.29, 0.717) is 19.1 Å². The van der Waals surface area contributed by atoms with Gasteiger partial charge < -0.3 is 15.0 Å². The molecule has 6 nitrogen and oxygen atoms in total. The average Bonchev–Trinajstić information content (AvgIpc) is 3.01. The van der Waals surface area contributed by atoms with Gasteiger partial charge in [0.2, 0.25) is 0 Å². The third-order valence-electron chi connectivity index (χ3n) is 4.58. The molecule has 6 heteroatoms. The van der Waals surface area contributed by atoms with Crippen LogP contribution in [0.5, 0.6) is 0 Å². The van der Waals surface area contributed by atoms with E-state index in [9.17, 15) is 0 Å². The molecule has 2 aromatic rings. The Morgan fingerprint density at radius 2 is 1.97 bits per heavy atom. The molecular formula is C23H37N5O. The highest BCUT2D eigenvalue weighted by molar-refractivity contribution is 5.79. The lowest BCUT2D eigenvalue weighted by Crippen LogP contribution is -2.38. The Balaban J connectivity index is 1.98. The molecule has 0 saturated heterocycles. The summed E-state index contributed by atoms with van der Waals surface area (Å²) < 4.78 is 7.78. The molecule has 0 aliphatic heterocycles. The maximum absolute atomic E-state index is 5.89. The predicted molar refractivity (Wildman–Crippen MR) is 120 cm³/mol. The summed E-state index contributed by atoms with van der Waals surface area (Å²) in [4.78, 5) is 6.59. The minimum absolute atomic E-state index is 0.139. The predicted octanol–water partition coefficient (Wildman–Crippen LogP) is 4.07. The second-order valence-corrected chi connectivity index (χ2v) is 8.85. The van der Waals surface area contributed by atoms with Crippen molar-refractivity contribution in [3.63, 3.8) is 0 Å². The first-order valence-corrected chi connectivity index (χ1v) is 10.2. The molecule has 2 rings (SSSR count). The molecule has 0 fully saturated rings. The minimum Gasteiger partial charge on any atom is -0.371 e. The molecule has 29 heavy (non-hydrogen) atoms. The number of aromatic nitrogens is 2. The molecule has 160 valence electrons. The number of benzene rings is 1. The second kappa shape index (κ2) is 9.92. The largest absolute Gasteiger partial charge is 0.371 e. The zero-order valence-electron chi connectivity index (χ0n) is 19.3. The molecule has 1 heterocycles. The number of aliphatic imine (C=N–C) groups is 1. The van der Waals surface area contributed by atoms with Gasteiger partial charge in [0.25, 0.3) is 0 Å². The van der Waals surface area contributed by atoms with Crippen molar-refractivity contribution in [2.75, 3.05) is 14.1 Å². The zero-order chi connectivity index (χ0) is 21.6. The van der Waals surface area contributed by atoms with Crippen LogP contribution in [0, 0.1) is 0 Å². The van der Waals surface area contributed by atoms with E-state index < -0.39 is 0 Å². The molecule has 0 saturated carbocycles. The maximum Gasteiger partial charge on any atom is 0.193 e. The molecule has 1 N–H and O–H groups in total. The van der Waals surface area contributed by atoms with Crippen molar-refractivity contribution < 1.29 is 4.74 Å². The second-order valence-electron chi connectivity index (χ2n) is 8.85. The highest BCUT2D eigenvalue weighted by atomic mass is 16.5. The number of rotatable bonds is 7. The monoisotopic (exact) mass is 399 g/mol. The van der Waals surface area contributed by atoms with Gasteiger partial charge in [-0.1, -0.05) is 38.1 Å². The van der Waals surface area contributed by atoms with Crippen LogP contribution in [0.4, 0.5) is 0 Å². The number of hydrogen-bond donors (Lipinski definition) is 1. The molecule has 0 bridgehead atoms. The number of nitrogens with zero attached hydrogens (tertiary/aromatic N) is 4. The summed E-state index contributed by atoms with van der Waals surface area (Å²) in [7, 11) is 5.85. The summed E-state index contributed by atoms with van der Waals surface area (Å²) in [6, 6.07) is 8.49. The smallest absolute Gasteiger partial charge is 0.193 e. The van der Waals surface area contributed by atoms with Crippen molar-refractivity contribution in [3.8, 4) is 0 Å². The fourth-order valence-corrected chi connectivity index (χ4v) is 3.19. The third-order valence-corrected chi connectivity index (χ3v) is 4.58. The van der Waals surface area contributed by atoms with E-state index in [1.807, 2.05) is 18.8 Å². The highest BCUT2D eigenvalue weighted by Gasteiger charge is 2.15. The normalized spacial score (nSPS) is 12.5.